The van der Waals surface area contributed by atoms with E-state index in [0.717, 1.165) is 0 Å². The number of fused-ring (bicyclic) bond motifs is 1. The van der Waals surface area contributed by atoms with Gasteiger partial charge in [0.2, 0.25) is 5.95 Å². The Kier molecular flexibility index (Phi) is 5.92. The van der Waals surface area contributed by atoms with Crippen LogP contribution in [0.3, 0.4) is 0 Å². The third-order valence-corrected chi connectivity index (χ3v) is 5.16. The Morgan fingerprint density at radius 2 is 1.97 bits per heavy atom. The summed E-state index contributed by atoms with van der Waals surface area (Å²) in [4.78, 5) is 43.5. The maximum Gasteiger partial charge on any atom is 0.329 e. The lowest BCUT2D eigenvalue weighted by Gasteiger charge is -2.28. The predicted molar refractivity (Wildman–Crippen MR) is 113 cm³/mol. The number of aromatic nitrogens is 4. The molecule has 0 aliphatic carbocycles. The van der Waals surface area contributed by atoms with Crippen LogP contribution in [0, 0.1) is 10.1 Å². The van der Waals surface area contributed by atoms with E-state index >= 15 is 0 Å². The number of imidazole rings is 1. The molecule has 0 bridgehead atoms. The minimum atomic E-state index is -1.03. The fraction of sp³-hybridized carbons (Fsp3) is 0.421. The Balaban J connectivity index is 1.60. The van der Waals surface area contributed by atoms with Crippen LogP contribution in [0.2, 0.25) is 0 Å². The van der Waals surface area contributed by atoms with Crippen molar-refractivity contribution in [1.29, 1.82) is 0 Å². The first-order valence-corrected chi connectivity index (χ1v) is 9.92. The highest BCUT2D eigenvalue weighted by Gasteiger charge is 2.24. The van der Waals surface area contributed by atoms with Crippen molar-refractivity contribution in [3.05, 3.63) is 55.2 Å². The number of aryl methyl sites for hydroxylation is 1. The van der Waals surface area contributed by atoms with Crippen molar-refractivity contribution in [2.45, 2.75) is 12.6 Å². The van der Waals surface area contributed by atoms with Gasteiger partial charge in [-0.15, -0.1) is 0 Å². The van der Waals surface area contributed by atoms with Crippen LogP contribution in [-0.2, 0) is 18.3 Å². The van der Waals surface area contributed by atoms with Crippen LogP contribution in [0.15, 0.2) is 33.9 Å². The number of nitrogens with zero attached hydrogens (tertiary/aromatic N) is 5. The van der Waals surface area contributed by atoms with Crippen LogP contribution in [-0.4, -0.2) is 68.1 Å². The zero-order chi connectivity index (χ0) is 22.8. The summed E-state index contributed by atoms with van der Waals surface area (Å²) in [5, 5.41) is 21.4. The molecule has 3 aromatic rings. The maximum absolute atomic E-state index is 12.6. The van der Waals surface area contributed by atoms with Gasteiger partial charge in [-0.05, 0) is 12.1 Å². The number of non-ortho nitro benzene ring substituents is 1. The van der Waals surface area contributed by atoms with Crippen LogP contribution in [0.25, 0.3) is 11.2 Å². The molecule has 1 aromatic carbocycles. The number of hydrogen-bond donors (Lipinski definition) is 2. The van der Waals surface area contributed by atoms with Gasteiger partial charge >= 0.3 is 5.69 Å². The number of rotatable bonds is 7. The number of hydrogen-bond acceptors (Lipinski definition) is 9. The second-order valence-corrected chi connectivity index (χ2v) is 7.33. The molecule has 13 heteroatoms. The van der Waals surface area contributed by atoms with Gasteiger partial charge in [0.25, 0.3) is 11.2 Å². The number of nitro groups is 1. The van der Waals surface area contributed by atoms with E-state index in [9.17, 15) is 24.8 Å². The van der Waals surface area contributed by atoms with E-state index in [1.165, 1.54) is 35.9 Å². The molecule has 0 amide bonds. The predicted octanol–water partition coefficient (Wildman–Crippen LogP) is -0.392. The topological polar surface area (TPSA) is 158 Å². The second kappa shape index (κ2) is 8.80. The zero-order valence-electron chi connectivity index (χ0n) is 17.3. The first-order chi connectivity index (χ1) is 15.3. The fourth-order valence-electron chi connectivity index (χ4n) is 3.52. The van der Waals surface area contributed by atoms with Gasteiger partial charge in [0.15, 0.2) is 11.2 Å². The summed E-state index contributed by atoms with van der Waals surface area (Å²) in [5.41, 5.74) is -0.865. The molecule has 1 atom stereocenters. The molecular formula is C19H22N6O7. The summed E-state index contributed by atoms with van der Waals surface area (Å²) < 4.78 is 13.7. The van der Waals surface area contributed by atoms with Crippen LogP contribution < -0.4 is 20.9 Å². The third-order valence-electron chi connectivity index (χ3n) is 5.16. The van der Waals surface area contributed by atoms with E-state index in [4.69, 9.17) is 9.47 Å². The van der Waals surface area contributed by atoms with Gasteiger partial charge in [-0.1, -0.05) is 0 Å². The van der Waals surface area contributed by atoms with Gasteiger partial charge in [-0.3, -0.25) is 24.5 Å². The SMILES string of the molecule is Cn1c(=O)[nH]c(=O)c2c1nc(N1CCOCC1)n2C[C@H](O)COc1ccc([N+](=O)[O-])cc1. The van der Waals surface area contributed by atoms with Crippen LogP contribution in [0.4, 0.5) is 11.6 Å². The molecule has 170 valence electrons. The van der Waals surface area contributed by atoms with E-state index in [1.54, 1.807) is 4.57 Å². The molecule has 32 heavy (non-hydrogen) atoms. The number of benzene rings is 1. The number of aliphatic hydroxyl groups is 1. The number of aromatic amines is 1. The lowest BCUT2D eigenvalue weighted by atomic mass is 10.3. The quantitative estimate of drug-likeness (QED) is 0.364. The molecule has 1 fully saturated rings. The summed E-state index contributed by atoms with van der Waals surface area (Å²) in [7, 11) is 1.51. The standard InChI is InChI=1S/C19H22N6O7/c1-22-16-15(17(27)21-19(22)28)24(18(20-16)23-6-8-31-9-7-23)10-13(26)11-32-14-4-2-12(3-5-14)25(29)30/h2-5,13,26H,6-11H2,1H3,(H,21,27,28)/t13-/m0/s1. The smallest absolute Gasteiger partial charge is 0.329 e. The Morgan fingerprint density at radius 3 is 2.62 bits per heavy atom. The molecular weight excluding hydrogens is 424 g/mol. The molecule has 13 nitrogen and oxygen atoms in total. The van der Waals surface area contributed by atoms with Gasteiger partial charge in [0.05, 0.1) is 24.7 Å². The molecule has 1 aliphatic rings. The Labute approximate surface area is 180 Å². The van der Waals surface area contributed by atoms with Crippen LogP contribution >= 0.6 is 0 Å². The van der Waals surface area contributed by atoms with Crippen molar-refractivity contribution >= 4 is 22.8 Å². The Bertz CT molecular complexity index is 1240. The molecule has 1 saturated heterocycles. The van der Waals surface area contributed by atoms with Crippen molar-refractivity contribution in [1.82, 2.24) is 19.1 Å². The first kappa shape index (κ1) is 21.5. The van der Waals surface area contributed by atoms with Crippen molar-refractivity contribution in [2.24, 2.45) is 7.05 Å². The highest BCUT2D eigenvalue weighted by molar-refractivity contribution is 5.74. The monoisotopic (exact) mass is 446 g/mol. The largest absolute Gasteiger partial charge is 0.491 e. The summed E-state index contributed by atoms with van der Waals surface area (Å²) >= 11 is 0. The fourth-order valence-corrected chi connectivity index (χ4v) is 3.52. The van der Waals surface area contributed by atoms with Crippen molar-refractivity contribution in [3.63, 3.8) is 0 Å². The summed E-state index contributed by atoms with van der Waals surface area (Å²) in [6.45, 7) is 1.94. The third kappa shape index (κ3) is 4.20. The van der Waals surface area contributed by atoms with Crippen LogP contribution in [0.1, 0.15) is 0 Å². The highest BCUT2D eigenvalue weighted by Crippen LogP contribution is 2.22. The van der Waals surface area contributed by atoms with E-state index in [1.807, 2.05) is 4.90 Å². The average Bonchev–Trinajstić information content (AvgIpc) is 3.17. The first-order valence-electron chi connectivity index (χ1n) is 9.92. The number of morpholine rings is 1. The summed E-state index contributed by atoms with van der Waals surface area (Å²) in [5.74, 6) is 0.808. The number of ether oxygens (including phenoxy) is 2. The van der Waals surface area contributed by atoms with E-state index in [0.29, 0.717) is 38.0 Å². The minimum Gasteiger partial charge on any atom is -0.491 e. The number of anilines is 1. The van der Waals surface area contributed by atoms with E-state index in [2.05, 4.69) is 9.97 Å². The average molecular weight is 446 g/mol. The number of nitro benzene ring substituents is 1. The summed E-state index contributed by atoms with van der Waals surface area (Å²) in [6, 6.07) is 5.50. The Hall–Kier alpha value is -3.71. The summed E-state index contributed by atoms with van der Waals surface area (Å²) in [6.07, 6.45) is -1.03. The van der Waals surface area contributed by atoms with Crippen molar-refractivity contribution < 1.29 is 19.5 Å². The molecule has 2 aromatic heterocycles. The van der Waals surface area contributed by atoms with Crippen molar-refractivity contribution in [3.8, 4) is 5.75 Å². The Morgan fingerprint density at radius 1 is 1.28 bits per heavy atom. The zero-order valence-corrected chi connectivity index (χ0v) is 17.3. The maximum atomic E-state index is 12.6. The molecule has 0 saturated carbocycles. The molecule has 0 unspecified atom stereocenters. The van der Waals surface area contributed by atoms with E-state index in [-0.39, 0.29) is 30.0 Å². The molecule has 0 radical (unpaired) electrons. The van der Waals surface area contributed by atoms with Gasteiger partial charge in [0.1, 0.15) is 18.5 Å². The van der Waals surface area contributed by atoms with Gasteiger partial charge in [-0.2, -0.15) is 4.98 Å². The number of nitrogens with one attached hydrogen (secondary N) is 1. The van der Waals surface area contributed by atoms with Gasteiger partial charge in [-0.25, -0.2) is 4.79 Å². The van der Waals surface area contributed by atoms with Crippen LogP contribution in [0.5, 0.6) is 5.75 Å². The molecule has 1 aliphatic heterocycles. The number of aliphatic hydroxyl groups excluding tert-OH is 1. The highest BCUT2D eigenvalue weighted by atomic mass is 16.6. The molecule has 2 N–H and O–H groups in total. The van der Waals surface area contributed by atoms with E-state index < -0.39 is 22.3 Å². The molecule has 4 rings (SSSR count). The molecule has 0 spiro atoms. The lowest BCUT2D eigenvalue weighted by Crippen LogP contribution is -2.39. The lowest BCUT2D eigenvalue weighted by molar-refractivity contribution is -0.384. The second-order valence-electron chi connectivity index (χ2n) is 7.33. The normalized spacial score (nSPS) is 15.1. The molecule has 3 heterocycles. The number of H-pyrrole nitrogens is 1. The van der Waals surface area contributed by atoms with Crippen molar-refractivity contribution in [2.75, 3.05) is 37.8 Å². The minimum absolute atomic E-state index is 0.0164. The van der Waals surface area contributed by atoms with Gasteiger partial charge < -0.3 is 24.0 Å². The van der Waals surface area contributed by atoms with Gasteiger partial charge in [0, 0.05) is 32.3 Å².